The number of nitrogens with zero attached hydrogens (tertiary/aromatic N) is 2. The summed E-state index contributed by atoms with van der Waals surface area (Å²) < 4.78 is 38.3. The van der Waals surface area contributed by atoms with Gasteiger partial charge in [0.25, 0.3) is 0 Å². The molecule has 0 saturated carbocycles. The van der Waals surface area contributed by atoms with E-state index in [4.69, 9.17) is 0 Å². The molecule has 0 unspecified atom stereocenters. The molecule has 1 aromatic carbocycles. The number of aromatic nitrogens is 2. The van der Waals surface area contributed by atoms with Crippen LogP contribution < -0.4 is 0 Å². The summed E-state index contributed by atoms with van der Waals surface area (Å²) >= 11 is 0. The molecule has 0 spiro atoms. The smallest absolute Gasteiger partial charge is 0.162 e. The summed E-state index contributed by atoms with van der Waals surface area (Å²) in [5, 5.41) is 0. The van der Waals surface area contributed by atoms with Crippen molar-refractivity contribution in [3.8, 4) is 11.4 Å². The van der Waals surface area contributed by atoms with Gasteiger partial charge in [-0.25, -0.2) is 23.1 Å². The highest BCUT2D eigenvalue weighted by Crippen LogP contribution is 2.19. The van der Waals surface area contributed by atoms with Crippen LogP contribution in [0.1, 0.15) is 0 Å². The molecule has 2 aromatic rings. The zero-order valence-electron chi connectivity index (χ0n) is 7.42. The lowest BCUT2D eigenvalue weighted by atomic mass is 10.2. The summed E-state index contributed by atoms with van der Waals surface area (Å²) in [6.07, 6.45) is 1.84. The number of hydrogen-bond acceptors (Lipinski definition) is 2. The molecule has 0 atom stereocenters. The van der Waals surface area contributed by atoms with E-state index >= 15 is 0 Å². The minimum absolute atomic E-state index is 0.0221. The summed E-state index contributed by atoms with van der Waals surface area (Å²) in [4.78, 5) is 7.18. The van der Waals surface area contributed by atoms with Gasteiger partial charge in [-0.1, -0.05) is 0 Å². The van der Waals surface area contributed by atoms with E-state index in [1.165, 1.54) is 6.07 Å². The molecule has 0 bridgehead atoms. The maximum Gasteiger partial charge on any atom is 0.162 e. The van der Waals surface area contributed by atoms with Gasteiger partial charge in [-0.15, -0.1) is 0 Å². The van der Waals surface area contributed by atoms with Crippen LogP contribution in [0, 0.1) is 17.5 Å². The van der Waals surface area contributed by atoms with Crippen molar-refractivity contribution in [1.29, 1.82) is 0 Å². The molecule has 2 nitrogen and oxygen atoms in total. The highest BCUT2D eigenvalue weighted by Gasteiger charge is 2.08. The average molecular weight is 210 g/mol. The van der Waals surface area contributed by atoms with Crippen molar-refractivity contribution in [3.05, 3.63) is 48.0 Å². The van der Waals surface area contributed by atoms with Crippen LogP contribution in [-0.2, 0) is 0 Å². The maximum atomic E-state index is 13.2. The lowest BCUT2D eigenvalue weighted by Crippen LogP contribution is -1.93. The highest BCUT2D eigenvalue weighted by atomic mass is 19.1. The molecule has 76 valence electrons. The Labute approximate surface area is 83.4 Å². The van der Waals surface area contributed by atoms with Crippen molar-refractivity contribution in [2.45, 2.75) is 0 Å². The first-order chi connectivity index (χ1) is 7.16. The first-order valence-electron chi connectivity index (χ1n) is 4.10. The van der Waals surface area contributed by atoms with Gasteiger partial charge in [0.2, 0.25) is 0 Å². The second-order valence-corrected chi connectivity index (χ2v) is 2.85. The summed E-state index contributed by atoms with van der Waals surface area (Å²) in [6, 6.07) is 3.02. The van der Waals surface area contributed by atoms with Crippen molar-refractivity contribution in [3.63, 3.8) is 0 Å². The number of halogens is 3. The van der Waals surface area contributed by atoms with Crippen LogP contribution in [0.5, 0.6) is 0 Å². The molecule has 0 aliphatic rings. The Hall–Kier alpha value is -1.91. The minimum atomic E-state index is -0.776. The number of rotatable bonds is 1. The Morgan fingerprint density at radius 2 is 1.53 bits per heavy atom. The molecule has 0 saturated heterocycles. The summed E-state index contributed by atoms with van der Waals surface area (Å²) in [7, 11) is 0. The van der Waals surface area contributed by atoms with E-state index < -0.39 is 17.5 Å². The Balaban J connectivity index is 2.49. The number of hydrogen-bond donors (Lipinski definition) is 0. The van der Waals surface area contributed by atoms with Gasteiger partial charge in [0.05, 0.1) is 18.0 Å². The predicted molar refractivity (Wildman–Crippen MR) is 47.3 cm³/mol. The first kappa shape index (κ1) is 9.64. The van der Waals surface area contributed by atoms with Gasteiger partial charge in [0.1, 0.15) is 11.6 Å². The normalized spacial score (nSPS) is 10.3. The van der Waals surface area contributed by atoms with Crippen molar-refractivity contribution in [2.75, 3.05) is 0 Å². The molecule has 15 heavy (non-hydrogen) atoms. The molecule has 5 heteroatoms. The van der Waals surface area contributed by atoms with E-state index in [2.05, 4.69) is 9.97 Å². The van der Waals surface area contributed by atoms with Crippen LogP contribution in [0.15, 0.2) is 30.6 Å². The predicted octanol–water partition coefficient (Wildman–Crippen LogP) is 2.56. The van der Waals surface area contributed by atoms with Crippen LogP contribution in [0.4, 0.5) is 13.2 Å². The Kier molecular flexibility index (Phi) is 2.37. The quantitative estimate of drug-likeness (QED) is 0.722. The van der Waals surface area contributed by atoms with Gasteiger partial charge in [-0.2, -0.15) is 0 Å². The van der Waals surface area contributed by atoms with Gasteiger partial charge in [0, 0.05) is 6.07 Å². The standard InChI is InChI=1S/C10H5F3N2/c11-6-1-2-8(9(13)3-6)10-14-4-7(12)5-15-10/h1-5H. The minimum Gasteiger partial charge on any atom is -0.233 e. The third kappa shape index (κ3) is 1.96. The Bertz CT molecular complexity index is 483. The second kappa shape index (κ2) is 3.68. The molecule has 0 N–H and O–H groups in total. The van der Waals surface area contributed by atoms with Crippen LogP contribution in [0.3, 0.4) is 0 Å². The third-order valence-corrected chi connectivity index (χ3v) is 1.79. The molecule has 0 amide bonds. The molecule has 1 heterocycles. The van der Waals surface area contributed by atoms with Gasteiger partial charge >= 0.3 is 0 Å². The maximum absolute atomic E-state index is 13.2. The molecule has 2 rings (SSSR count). The van der Waals surface area contributed by atoms with E-state index in [9.17, 15) is 13.2 Å². The lowest BCUT2D eigenvalue weighted by molar-refractivity contribution is 0.583. The molecular formula is C10H5F3N2. The van der Waals surface area contributed by atoms with Crippen molar-refractivity contribution >= 4 is 0 Å². The van der Waals surface area contributed by atoms with E-state index in [1.807, 2.05) is 0 Å². The molecule has 1 aromatic heterocycles. The Morgan fingerprint density at radius 3 is 2.13 bits per heavy atom. The topological polar surface area (TPSA) is 25.8 Å². The van der Waals surface area contributed by atoms with E-state index in [1.54, 1.807) is 0 Å². The second-order valence-electron chi connectivity index (χ2n) is 2.85. The first-order valence-corrected chi connectivity index (χ1v) is 4.10. The van der Waals surface area contributed by atoms with Gasteiger partial charge in [-0.05, 0) is 12.1 Å². The number of benzene rings is 1. The zero-order chi connectivity index (χ0) is 10.8. The van der Waals surface area contributed by atoms with Crippen molar-refractivity contribution in [2.24, 2.45) is 0 Å². The van der Waals surface area contributed by atoms with Gasteiger partial charge in [0.15, 0.2) is 11.6 Å². The molecule has 0 aliphatic heterocycles. The largest absolute Gasteiger partial charge is 0.233 e. The third-order valence-electron chi connectivity index (χ3n) is 1.79. The fourth-order valence-corrected chi connectivity index (χ4v) is 1.12. The van der Waals surface area contributed by atoms with E-state index in [-0.39, 0.29) is 11.4 Å². The molecule has 0 radical (unpaired) electrons. The summed E-state index contributed by atoms with van der Waals surface area (Å²) in [5.74, 6) is -2.05. The molecular weight excluding hydrogens is 205 g/mol. The molecule has 0 fully saturated rings. The molecule has 0 aliphatic carbocycles. The lowest BCUT2D eigenvalue weighted by Gasteiger charge is -2.00. The van der Waals surface area contributed by atoms with Crippen LogP contribution in [-0.4, -0.2) is 9.97 Å². The zero-order valence-corrected chi connectivity index (χ0v) is 7.42. The monoisotopic (exact) mass is 210 g/mol. The SMILES string of the molecule is Fc1cnc(-c2ccc(F)cc2F)nc1. The van der Waals surface area contributed by atoms with Gasteiger partial charge < -0.3 is 0 Å². The Morgan fingerprint density at radius 1 is 0.867 bits per heavy atom. The van der Waals surface area contributed by atoms with Crippen molar-refractivity contribution < 1.29 is 13.2 Å². The summed E-state index contributed by atoms with van der Waals surface area (Å²) in [6.45, 7) is 0. The van der Waals surface area contributed by atoms with Crippen molar-refractivity contribution in [1.82, 2.24) is 9.97 Å². The summed E-state index contributed by atoms with van der Waals surface area (Å²) in [5.41, 5.74) is 0.0383. The van der Waals surface area contributed by atoms with E-state index in [0.717, 1.165) is 24.5 Å². The average Bonchev–Trinajstić information content (AvgIpc) is 2.20. The van der Waals surface area contributed by atoms with Crippen LogP contribution >= 0.6 is 0 Å². The van der Waals surface area contributed by atoms with E-state index in [0.29, 0.717) is 0 Å². The highest BCUT2D eigenvalue weighted by molar-refractivity contribution is 5.55. The van der Waals surface area contributed by atoms with Crippen LogP contribution in [0.25, 0.3) is 11.4 Å². The van der Waals surface area contributed by atoms with Crippen LogP contribution in [0.2, 0.25) is 0 Å². The fourth-order valence-electron chi connectivity index (χ4n) is 1.12. The fraction of sp³-hybridized carbons (Fsp3) is 0. The van der Waals surface area contributed by atoms with Gasteiger partial charge in [-0.3, -0.25) is 0 Å².